The van der Waals surface area contributed by atoms with E-state index in [1.54, 1.807) is 0 Å². The molecule has 1 nitrogen and oxygen atoms in total. The smallest absolute Gasteiger partial charge is 0.0355 e. The molecule has 1 heterocycles. The summed E-state index contributed by atoms with van der Waals surface area (Å²) in [7, 11) is 0. The van der Waals surface area contributed by atoms with Crippen molar-refractivity contribution in [1.29, 1.82) is 0 Å². The number of nitrogens with zero attached hydrogens (tertiary/aromatic N) is 1. The summed E-state index contributed by atoms with van der Waals surface area (Å²) < 4.78 is 1.18. The van der Waals surface area contributed by atoms with E-state index < -0.39 is 0 Å². The summed E-state index contributed by atoms with van der Waals surface area (Å²) in [6.07, 6.45) is 2.54. The lowest BCUT2D eigenvalue weighted by molar-refractivity contribution is 0.194. The molecule has 104 valence electrons. The van der Waals surface area contributed by atoms with E-state index >= 15 is 0 Å². The van der Waals surface area contributed by atoms with Crippen LogP contribution in [0.3, 0.4) is 0 Å². The Bertz CT molecular complexity index is 567. The third-order valence-electron chi connectivity index (χ3n) is 4.31. The van der Waals surface area contributed by atoms with Crippen LogP contribution in [0.2, 0.25) is 0 Å². The maximum atomic E-state index is 3.59. The van der Waals surface area contributed by atoms with Crippen molar-refractivity contribution >= 4 is 15.9 Å². The van der Waals surface area contributed by atoms with E-state index in [0.717, 1.165) is 0 Å². The fourth-order valence-corrected chi connectivity index (χ4v) is 3.66. The van der Waals surface area contributed by atoms with E-state index in [0.29, 0.717) is 12.1 Å². The quantitative estimate of drug-likeness (QED) is 0.733. The van der Waals surface area contributed by atoms with Crippen LogP contribution in [-0.2, 0) is 0 Å². The monoisotopic (exact) mass is 329 g/mol. The van der Waals surface area contributed by atoms with Crippen LogP contribution >= 0.6 is 15.9 Å². The van der Waals surface area contributed by atoms with Crippen LogP contribution in [0.5, 0.6) is 0 Å². The highest BCUT2D eigenvalue weighted by Crippen LogP contribution is 2.38. The highest BCUT2D eigenvalue weighted by molar-refractivity contribution is 9.10. The molecule has 0 bridgehead atoms. The maximum absolute atomic E-state index is 3.59. The standard InChI is InChI=1S/C18H20BrN/c1-14(15-7-3-2-4-8-15)20-12-6-11-18(20)16-9-5-10-17(19)13-16/h2-5,7-10,13-14,18H,6,11-12H2,1H3. The summed E-state index contributed by atoms with van der Waals surface area (Å²) in [6.45, 7) is 3.51. The van der Waals surface area contributed by atoms with Crippen molar-refractivity contribution in [1.82, 2.24) is 4.90 Å². The van der Waals surface area contributed by atoms with Gasteiger partial charge >= 0.3 is 0 Å². The highest BCUT2D eigenvalue weighted by Gasteiger charge is 2.30. The van der Waals surface area contributed by atoms with Crippen molar-refractivity contribution in [2.75, 3.05) is 6.54 Å². The van der Waals surface area contributed by atoms with Gasteiger partial charge < -0.3 is 0 Å². The highest BCUT2D eigenvalue weighted by atomic mass is 79.9. The minimum atomic E-state index is 0.475. The van der Waals surface area contributed by atoms with Gasteiger partial charge in [0.05, 0.1) is 0 Å². The van der Waals surface area contributed by atoms with Crippen molar-refractivity contribution in [3.63, 3.8) is 0 Å². The van der Waals surface area contributed by atoms with Gasteiger partial charge in [0.15, 0.2) is 0 Å². The molecule has 0 N–H and O–H groups in total. The molecule has 3 rings (SSSR count). The summed E-state index contributed by atoms with van der Waals surface area (Å²) in [6, 6.07) is 20.6. The molecule has 1 aliphatic heterocycles. The van der Waals surface area contributed by atoms with Crippen LogP contribution < -0.4 is 0 Å². The fraction of sp³-hybridized carbons (Fsp3) is 0.333. The number of hydrogen-bond acceptors (Lipinski definition) is 1. The Hall–Kier alpha value is -1.12. The molecule has 1 fully saturated rings. The molecule has 2 aromatic rings. The van der Waals surface area contributed by atoms with Gasteiger partial charge in [-0.3, -0.25) is 4.90 Å². The number of halogens is 1. The Labute approximate surface area is 129 Å². The summed E-state index contributed by atoms with van der Waals surface area (Å²) in [5.41, 5.74) is 2.84. The predicted molar refractivity (Wildman–Crippen MR) is 87.7 cm³/mol. The average molecular weight is 330 g/mol. The zero-order valence-corrected chi connectivity index (χ0v) is 13.4. The fourth-order valence-electron chi connectivity index (χ4n) is 3.25. The molecule has 1 aliphatic rings. The molecular weight excluding hydrogens is 310 g/mol. The normalized spacial score (nSPS) is 21.0. The van der Waals surface area contributed by atoms with Crippen LogP contribution in [0.25, 0.3) is 0 Å². The van der Waals surface area contributed by atoms with Gasteiger partial charge in [0.25, 0.3) is 0 Å². The molecule has 2 unspecified atom stereocenters. The number of hydrogen-bond donors (Lipinski definition) is 0. The van der Waals surface area contributed by atoms with E-state index in [2.05, 4.69) is 82.4 Å². The molecule has 0 amide bonds. The van der Waals surface area contributed by atoms with Crippen molar-refractivity contribution in [2.45, 2.75) is 31.8 Å². The van der Waals surface area contributed by atoms with Gasteiger partial charge in [-0.1, -0.05) is 58.4 Å². The second-order valence-corrected chi connectivity index (χ2v) is 6.45. The lowest BCUT2D eigenvalue weighted by Gasteiger charge is -2.31. The molecule has 20 heavy (non-hydrogen) atoms. The first-order valence-corrected chi connectivity index (χ1v) is 8.11. The van der Waals surface area contributed by atoms with Gasteiger partial charge in [0.1, 0.15) is 0 Å². The third-order valence-corrected chi connectivity index (χ3v) is 4.80. The van der Waals surface area contributed by atoms with Crippen molar-refractivity contribution in [2.24, 2.45) is 0 Å². The molecule has 2 atom stereocenters. The molecular formula is C18H20BrN. The van der Waals surface area contributed by atoms with Gasteiger partial charge in [-0.25, -0.2) is 0 Å². The summed E-state index contributed by atoms with van der Waals surface area (Å²) in [5, 5.41) is 0. The largest absolute Gasteiger partial charge is 0.290 e. The lowest BCUT2D eigenvalue weighted by atomic mass is 10.0. The van der Waals surface area contributed by atoms with Gasteiger partial charge in [0, 0.05) is 16.6 Å². The van der Waals surface area contributed by atoms with Gasteiger partial charge in [-0.15, -0.1) is 0 Å². The van der Waals surface area contributed by atoms with E-state index in [1.165, 1.54) is 35.0 Å². The van der Waals surface area contributed by atoms with Crippen LogP contribution in [0.4, 0.5) is 0 Å². The van der Waals surface area contributed by atoms with E-state index in [-0.39, 0.29) is 0 Å². The second kappa shape index (κ2) is 6.11. The first kappa shape index (κ1) is 13.8. The van der Waals surface area contributed by atoms with Crippen LogP contribution in [-0.4, -0.2) is 11.4 Å². The van der Waals surface area contributed by atoms with Gasteiger partial charge in [0.2, 0.25) is 0 Å². The number of benzene rings is 2. The Morgan fingerprint density at radius 3 is 2.65 bits per heavy atom. The Balaban J connectivity index is 1.86. The Morgan fingerprint density at radius 1 is 1.10 bits per heavy atom. The first-order chi connectivity index (χ1) is 9.75. The van der Waals surface area contributed by atoms with E-state index in [1.807, 2.05) is 0 Å². The zero-order chi connectivity index (χ0) is 13.9. The van der Waals surface area contributed by atoms with Crippen molar-refractivity contribution < 1.29 is 0 Å². The SMILES string of the molecule is CC(c1ccccc1)N1CCCC1c1cccc(Br)c1. The minimum absolute atomic E-state index is 0.475. The molecule has 0 saturated carbocycles. The second-order valence-electron chi connectivity index (χ2n) is 5.54. The van der Waals surface area contributed by atoms with E-state index in [9.17, 15) is 0 Å². The van der Waals surface area contributed by atoms with Crippen LogP contribution in [0.1, 0.15) is 43.0 Å². The minimum Gasteiger partial charge on any atom is -0.290 e. The molecule has 0 aliphatic carbocycles. The third kappa shape index (κ3) is 2.82. The molecule has 1 saturated heterocycles. The predicted octanol–water partition coefficient (Wildman–Crippen LogP) is 5.35. The van der Waals surface area contributed by atoms with Crippen LogP contribution in [0.15, 0.2) is 59.1 Å². The zero-order valence-electron chi connectivity index (χ0n) is 11.8. The van der Waals surface area contributed by atoms with Crippen molar-refractivity contribution in [3.8, 4) is 0 Å². The molecule has 0 radical (unpaired) electrons. The Kier molecular flexibility index (Phi) is 4.23. The summed E-state index contributed by atoms with van der Waals surface area (Å²) >= 11 is 3.59. The van der Waals surface area contributed by atoms with Crippen LogP contribution in [0, 0.1) is 0 Å². The van der Waals surface area contributed by atoms with E-state index in [4.69, 9.17) is 0 Å². The van der Waals surface area contributed by atoms with Gasteiger partial charge in [-0.05, 0) is 49.6 Å². The van der Waals surface area contributed by atoms with Gasteiger partial charge in [-0.2, -0.15) is 0 Å². The lowest BCUT2D eigenvalue weighted by Crippen LogP contribution is -2.26. The maximum Gasteiger partial charge on any atom is 0.0355 e. The number of rotatable bonds is 3. The van der Waals surface area contributed by atoms with Crippen molar-refractivity contribution in [3.05, 3.63) is 70.2 Å². The first-order valence-electron chi connectivity index (χ1n) is 7.32. The topological polar surface area (TPSA) is 3.24 Å². The number of likely N-dealkylation sites (tertiary alicyclic amines) is 1. The molecule has 2 aromatic carbocycles. The summed E-state index contributed by atoms with van der Waals surface area (Å²) in [5.74, 6) is 0. The summed E-state index contributed by atoms with van der Waals surface area (Å²) in [4.78, 5) is 2.64. The molecule has 0 spiro atoms. The molecule has 2 heteroatoms. The average Bonchev–Trinajstić information content (AvgIpc) is 2.97. The Morgan fingerprint density at radius 2 is 1.90 bits per heavy atom. The molecule has 0 aromatic heterocycles.